The maximum atomic E-state index is 10.5. The first-order valence-electron chi connectivity index (χ1n) is 2.95. The minimum atomic E-state index is -0.544. The van der Waals surface area contributed by atoms with Gasteiger partial charge in [-0.2, -0.15) is 0 Å². The molecule has 0 aromatic heterocycles. The Morgan fingerprint density at radius 2 is 2.10 bits per heavy atom. The summed E-state index contributed by atoms with van der Waals surface area (Å²) in [6, 6.07) is -0.544. The zero-order valence-corrected chi connectivity index (χ0v) is 5.92. The highest BCUT2D eigenvalue weighted by atomic mass is 16.2. The number of carbonyl (C=O) groups excluding carboxylic acids is 1. The van der Waals surface area contributed by atoms with Crippen LogP contribution in [-0.4, -0.2) is 29.9 Å². The van der Waals surface area contributed by atoms with Gasteiger partial charge < -0.3 is 16.4 Å². The van der Waals surface area contributed by atoms with Gasteiger partial charge in [0.25, 0.3) is 0 Å². The zero-order valence-electron chi connectivity index (χ0n) is 5.92. The van der Waals surface area contributed by atoms with Crippen LogP contribution in [0.4, 0.5) is 4.79 Å². The standard InChI is InChI=1S/C5H12N4O/c1-2-9(5(8)10)3-4(6)7/h2-3H2,1H3,(H3,6,7)(H2,8,10). The molecule has 2 amide bonds. The van der Waals surface area contributed by atoms with Crippen molar-refractivity contribution in [2.45, 2.75) is 6.92 Å². The minimum absolute atomic E-state index is 0.0550. The van der Waals surface area contributed by atoms with E-state index in [1.54, 1.807) is 6.92 Å². The number of primary amides is 1. The predicted octanol–water partition coefficient (Wildman–Crippen LogP) is -0.677. The second-order valence-corrected chi connectivity index (χ2v) is 1.88. The van der Waals surface area contributed by atoms with Crippen LogP contribution in [0.15, 0.2) is 0 Å². The molecule has 0 aromatic carbocycles. The monoisotopic (exact) mass is 144 g/mol. The van der Waals surface area contributed by atoms with Crippen molar-refractivity contribution in [1.82, 2.24) is 4.90 Å². The number of amidine groups is 1. The van der Waals surface area contributed by atoms with Crippen LogP contribution in [0.1, 0.15) is 6.92 Å². The van der Waals surface area contributed by atoms with Gasteiger partial charge in [0, 0.05) is 6.54 Å². The number of nitrogens with two attached hydrogens (primary N) is 2. The van der Waals surface area contributed by atoms with Gasteiger partial charge in [0.15, 0.2) is 0 Å². The zero-order chi connectivity index (χ0) is 8.15. The molecule has 0 atom stereocenters. The number of nitrogens with one attached hydrogen (secondary N) is 1. The Labute approximate surface area is 59.5 Å². The van der Waals surface area contributed by atoms with E-state index in [1.807, 2.05) is 0 Å². The van der Waals surface area contributed by atoms with E-state index in [9.17, 15) is 4.79 Å². The molecule has 0 aliphatic rings. The summed E-state index contributed by atoms with van der Waals surface area (Å²) in [6.45, 7) is 2.37. The van der Waals surface area contributed by atoms with E-state index in [1.165, 1.54) is 4.90 Å². The molecule has 0 heterocycles. The number of rotatable bonds is 3. The number of amides is 2. The fourth-order valence-electron chi connectivity index (χ4n) is 0.551. The van der Waals surface area contributed by atoms with E-state index < -0.39 is 6.03 Å². The second-order valence-electron chi connectivity index (χ2n) is 1.88. The van der Waals surface area contributed by atoms with Crippen LogP contribution in [0.3, 0.4) is 0 Å². The van der Waals surface area contributed by atoms with Crippen molar-refractivity contribution in [2.75, 3.05) is 13.1 Å². The van der Waals surface area contributed by atoms with Gasteiger partial charge in [0.2, 0.25) is 0 Å². The Morgan fingerprint density at radius 1 is 1.60 bits per heavy atom. The lowest BCUT2D eigenvalue weighted by Crippen LogP contribution is -2.41. The molecule has 0 aliphatic carbocycles. The van der Waals surface area contributed by atoms with Crippen molar-refractivity contribution in [3.05, 3.63) is 0 Å². The minimum Gasteiger partial charge on any atom is -0.386 e. The lowest BCUT2D eigenvalue weighted by molar-refractivity contribution is 0.217. The summed E-state index contributed by atoms with van der Waals surface area (Å²) in [6.07, 6.45) is 0. The first kappa shape index (κ1) is 8.74. The molecule has 0 saturated carbocycles. The molecule has 0 unspecified atom stereocenters. The number of urea groups is 1. The third-order valence-electron chi connectivity index (χ3n) is 1.05. The maximum absolute atomic E-state index is 10.5. The van der Waals surface area contributed by atoms with Crippen molar-refractivity contribution < 1.29 is 4.79 Å². The average molecular weight is 144 g/mol. The van der Waals surface area contributed by atoms with Gasteiger partial charge in [-0.15, -0.1) is 0 Å². The van der Waals surface area contributed by atoms with E-state index in [0.29, 0.717) is 6.54 Å². The van der Waals surface area contributed by atoms with E-state index >= 15 is 0 Å². The van der Waals surface area contributed by atoms with Gasteiger partial charge in [0.1, 0.15) is 5.84 Å². The lowest BCUT2D eigenvalue weighted by atomic mass is 10.5. The number of carbonyl (C=O) groups is 1. The van der Waals surface area contributed by atoms with Crippen LogP contribution < -0.4 is 11.5 Å². The van der Waals surface area contributed by atoms with Gasteiger partial charge in [-0.1, -0.05) is 0 Å². The Hall–Kier alpha value is -1.26. The van der Waals surface area contributed by atoms with E-state index in [2.05, 4.69) is 0 Å². The molecule has 0 radical (unpaired) electrons. The third-order valence-corrected chi connectivity index (χ3v) is 1.05. The highest BCUT2D eigenvalue weighted by Gasteiger charge is 2.06. The lowest BCUT2D eigenvalue weighted by Gasteiger charge is -2.16. The average Bonchev–Trinajstić information content (AvgIpc) is 1.81. The highest BCUT2D eigenvalue weighted by Crippen LogP contribution is 1.84. The first-order valence-corrected chi connectivity index (χ1v) is 2.95. The summed E-state index contributed by atoms with van der Waals surface area (Å²) in [5.74, 6) is -0.0550. The third kappa shape index (κ3) is 2.91. The summed E-state index contributed by atoms with van der Waals surface area (Å²) in [5.41, 5.74) is 9.97. The Morgan fingerprint density at radius 3 is 2.20 bits per heavy atom. The quantitative estimate of drug-likeness (QED) is 0.361. The van der Waals surface area contributed by atoms with Gasteiger partial charge >= 0.3 is 6.03 Å². The van der Waals surface area contributed by atoms with Gasteiger partial charge in [-0.3, -0.25) is 5.41 Å². The molecule has 10 heavy (non-hydrogen) atoms. The summed E-state index contributed by atoms with van der Waals surface area (Å²) in [5, 5.41) is 6.85. The van der Waals surface area contributed by atoms with Crippen LogP contribution in [0.5, 0.6) is 0 Å². The van der Waals surface area contributed by atoms with Crippen molar-refractivity contribution >= 4 is 11.9 Å². The van der Waals surface area contributed by atoms with Crippen molar-refractivity contribution in [3.8, 4) is 0 Å². The molecule has 5 N–H and O–H groups in total. The second kappa shape index (κ2) is 3.71. The van der Waals surface area contributed by atoms with Gasteiger partial charge in [-0.25, -0.2) is 4.79 Å². The molecule has 58 valence electrons. The summed E-state index contributed by atoms with van der Waals surface area (Å²) in [4.78, 5) is 11.7. The predicted molar refractivity (Wildman–Crippen MR) is 38.7 cm³/mol. The van der Waals surface area contributed by atoms with Crippen LogP contribution in [0.25, 0.3) is 0 Å². The molecule has 0 rings (SSSR count). The smallest absolute Gasteiger partial charge is 0.315 e. The van der Waals surface area contributed by atoms with Crippen molar-refractivity contribution in [1.29, 1.82) is 5.41 Å². The SMILES string of the molecule is CCN(CC(=N)N)C(N)=O. The molecule has 0 saturated heterocycles. The molecule has 0 fully saturated rings. The van der Waals surface area contributed by atoms with Crippen LogP contribution in [-0.2, 0) is 0 Å². The molecule has 0 aliphatic heterocycles. The molecule has 5 nitrogen and oxygen atoms in total. The van der Waals surface area contributed by atoms with Crippen LogP contribution in [0.2, 0.25) is 0 Å². The van der Waals surface area contributed by atoms with Gasteiger partial charge in [0.05, 0.1) is 6.54 Å². The van der Waals surface area contributed by atoms with Crippen molar-refractivity contribution in [2.24, 2.45) is 11.5 Å². The highest BCUT2D eigenvalue weighted by molar-refractivity contribution is 5.83. The number of hydrogen-bond donors (Lipinski definition) is 3. The molecular formula is C5H12N4O. The summed E-state index contributed by atoms with van der Waals surface area (Å²) in [7, 11) is 0. The molecule has 0 spiro atoms. The normalized spacial score (nSPS) is 8.90. The van der Waals surface area contributed by atoms with Gasteiger partial charge in [-0.05, 0) is 6.92 Å². The first-order chi connectivity index (χ1) is 4.57. The maximum Gasteiger partial charge on any atom is 0.315 e. The Kier molecular flexibility index (Phi) is 3.24. The van der Waals surface area contributed by atoms with Crippen LogP contribution >= 0.6 is 0 Å². The number of nitrogens with zero attached hydrogens (tertiary/aromatic N) is 1. The Balaban J connectivity index is 3.83. The van der Waals surface area contributed by atoms with Crippen molar-refractivity contribution in [3.63, 3.8) is 0 Å². The fourth-order valence-corrected chi connectivity index (χ4v) is 0.551. The molecule has 0 aromatic rings. The number of likely N-dealkylation sites (N-methyl/N-ethyl adjacent to an activating group) is 1. The summed E-state index contributed by atoms with van der Waals surface area (Å²) < 4.78 is 0. The van der Waals surface area contributed by atoms with E-state index in [4.69, 9.17) is 16.9 Å². The number of hydrogen-bond acceptors (Lipinski definition) is 2. The van der Waals surface area contributed by atoms with E-state index in [0.717, 1.165) is 0 Å². The Bertz CT molecular complexity index is 145. The summed E-state index contributed by atoms with van der Waals surface area (Å²) >= 11 is 0. The molecule has 5 heteroatoms. The van der Waals surface area contributed by atoms with Crippen LogP contribution in [0, 0.1) is 5.41 Å². The molecular weight excluding hydrogens is 132 g/mol. The topological polar surface area (TPSA) is 96.2 Å². The fraction of sp³-hybridized carbons (Fsp3) is 0.600. The molecule has 0 bridgehead atoms. The van der Waals surface area contributed by atoms with E-state index in [-0.39, 0.29) is 12.4 Å². The largest absolute Gasteiger partial charge is 0.386 e.